The highest BCUT2D eigenvalue weighted by Crippen LogP contribution is 2.03. The lowest BCUT2D eigenvalue weighted by atomic mass is 10.2. The molecule has 112 valence electrons. The fraction of sp³-hybridized carbons (Fsp3) is 0.615. The maximum atomic E-state index is 12.0. The third-order valence-corrected chi connectivity index (χ3v) is 3.39. The van der Waals surface area contributed by atoms with Gasteiger partial charge in [0.1, 0.15) is 0 Å². The quantitative estimate of drug-likeness (QED) is 0.566. The summed E-state index contributed by atoms with van der Waals surface area (Å²) in [6.45, 7) is 0.195. The zero-order chi connectivity index (χ0) is 15.3. The maximum Gasteiger partial charge on any atom is 0.330 e. The molecule has 1 rings (SSSR count). The van der Waals surface area contributed by atoms with E-state index in [1.165, 1.54) is 22.7 Å². The number of amides is 1. The van der Waals surface area contributed by atoms with E-state index in [4.69, 9.17) is 11.6 Å². The van der Waals surface area contributed by atoms with Crippen molar-refractivity contribution in [2.45, 2.75) is 25.8 Å². The largest absolute Gasteiger partial charge is 0.341 e. The number of carbonyl (C=O) groups excluding carboxylic acids is 1. The third kappa shape index (κ3) is 3.96. The summed E-state index contributed by atoms with van der Waals surface area (Å²) in [4.78, 5) is 36.9. The van der Waals surface area contributed by atoms with Crippen molar-refractivity contribution in [3.05, 3.63) is 32.6 Å². The van der Waals surface area contributed by atoms with Gasteiger partial charge in [0.15, 0.2) is 0 Å². The van der Waals surface area contributed by atoms with Crippen LogP contribution in [0.1, 0.15) is 24.8 Å². The molecule has 0 spiro atoms. The summed E-state index contributed by atoms with van der Waals surface area (Å²) in [5.41, 5.74) is -0.328. The van der Waals surface area contributed by atoms with Crippen LogP contribution in [0.25, 0.3) is 0 Å². The smallest absolute Gasteiger partial charge is 0.330 e. The topological polar surface area (TPSA) is 64.3 Å². The molecule has 0 aliphatic rings. The average Bonchev–Trinajstić information content (AvgIpc) is 2.42. The molecule has 0 aliphatic heterocycles. The lowest BCUT2D eigenvalue weighted by Crippen LogP contribution is -2.40. The van der Waals surface area contributed by atoms with Crippen molar-refractivity contribution >= 4 is 17.5 Å². The molecule has 0 unspecified atom stereocenters. The normalized spacial score (nSPS) is 10.6. The van der Waals surface area contributed by atoms with Gasteiger partial charge in [0.25, 0.3) is 5.56 Å². The van der Waals surface area contributed by atoms with Gasteiger partial charge in [-0.3, -0.25) is 14.2 Å². The summed E-state index contributed by atoms with van der Waals surface area (Å²) < 4.78 is 2.38. The number of hydrogen-bond acceptors (Lipinski definition) is 3. The van der Waals surface area contributed by atoms with Gasteiger partial charge in [-0.15, -0.1) is 11.6 Å². The van der Waals surface area contributed by atoms with Crippen molar-refractivity contribution in [2.75, 3.05) is 12.9 Å². The Kier molecular flexibility index (Phi) is 6.01. The van der Waals surface area contributed by atoms with Crippen LogP contribution in [0.15, 0.2) is 15.8 Å². The van der Waals surface area contributed by atoms with E-state index < -0.39 is 0 Å². The summed E-state index contributed by atoms with van der Waals surface area (Å²) in [6.07, 6.45) is 3.42. The van der Waals surface area contributed by atoms with E-state index in [9.17, 15) is 14.4 Å². The first kappa shape index (κ1) is 16.5. The van der Waals surface area contributed by atoms with Crippen LogP contribution >= 0.6 is 11.6 Å². The maximum absolute atomic E-state index is 12.0. The van der Waals surface area contributed by atoms with E-state index in [1.54, 1.807) is 14.1 Å². The Balaban J connectivity index is 2.81. The first-order valence-corrected chi connectivity index (χ1v) is 6.97. The molecular weight excluding hydrogens is 282 g/mol. The van der Waals surface area contributed by atoms with Crippen LogP contribution < -0.4 is 11.2 Å². The number of hydrogen-bond donors (Lipinski definition) is 0. The second-order valence-corrected chi connectivity index (χ2v) is 5.19. The number of unbranched alkanes of at least 4 members (excludes halogenated alkanes) is 1. The molecule has 1 amide bonds. The van der Waals surface area contributed by atoms with Gasteiger partial charge in [0, 0.05) is 39.6 Å². The lowest BCUT2D eigenvalue weighted by Gasteiger charge is -2.17. The number of rotatable bonds is 6. The van der Waals surface area contributed by atoms with Gasteiger partial charge in [-0.05, 0) is 12.8 Å². The van der Waals surface area contributed by atoms with Crippen molar-refractivity contribution in [3.8, 4) is 0 Å². The molecule has 6 nitrogen and oxygen atoms in total. The molecule has 0 aromatic carbocycles. The Morgan fingerprint density at radius 1 is 1.30 bits per heavy atom. The molecule has 1 heterocycles. The van der Waals surface area contributed by atoms with E-state index in [0.29, 0.717) is 17.9 Å². The van der Waals surface area contributed by atoms with Crippen LogP contribution in [0.3, 0.4) is 0 Å². The molecule has 7 heteroatoms. The van der Waals surface area contributed by atoms with Gasteiger partial charge in [-0.2, -0.15) is 0 Å². The van der Waals surface area contributed by atoms with Crippen molar-refractivity contribution in [1.29, 1.82) is 0 Å². The molecular formula is C13H20ClN3O3. The van der Waals surface area contributed by atoms with E-state index in [-0.39, 0.29) is 23.7 Å². The summed E-state index contributed by atoms with van der Waals surface area (Å²) in [7, 11) is 4.65. The molecule has 1 aromatic heterocycles. The molecule has 0 saturated heterocycles. The molecule has 1 aromatic rings. The van der Waals surface area contributed by atoms with Crippen molar-refractivity contribution in [1.82, 2.24) is 14.0 Å². The van der Waals surface area contributed by atoms with E-state index in [2.05, 4.69) is 0 Å². The fourth-order valence-electron chi connectivity index (χ4n) is 1.90. The van der Waals surface area contributed by atoms with Gasteiger partial charge in [0.2, 0.25) is 5.91 Å². The van der Waals surface area contributed by atoms with Gasteiger partial charge >= 0.3 is 5.69 Å². The fourth-order valence-corrected chi connectivity index (χ4v) is 2.09. The number of halogens is 1. The molecule has 0 bridgehead atoms. The molecule has 0 aliphatic carbocycles. The predicted octanol–water partition coefficient (Wildman–Crippen LogP) is 0.452. The predicted molar refractivity (Wildman–Crippen MR) is 78.0 cm³/mol. The molecule has 20 heavy (non-hydrogen) atoms. The average molecular weight is 302 g/mol. The summed E-state index contributed by atoms with van der Waals surface area (Å²) in [5.74, 6) is 0.504. The van der Waals surface area contributed by atoms with Crippen LogP contribution in [-0.2, 0) is 25.4 Å². The Morgan fingerprint density at radius 3 is 2.55 bits per heavy atom. The van der Waals surface area contributed by atoms with E-state index >= 15 is 0 Å². The molecule has 0 atom stereocenters. The van der Waals surface area contributed by atoms with Gasteiger partial charge < -0.3 is 9.47 Å². The second-order valence-electron chi connectivity index (χ2n) is 4.81. The number of carbonyl (C=O) groups is 1. The summed E-state index contributed by atoms with van der Waals surface area (Å²) in [5, 5.41) is 0. The van der Waals surface area contributed by atoms with Gasteiger partial charge in [-0.1, -0.05) is 0 Å². The minimum Gasteiger partial charge on any atom is -0.341 e. The van der Waals surface area contributed by atoms with Gasteiger partial charge in [-0.25, -0.2) is 4.79 Å². The third-order valence-electron chi connectivity index (χ3n) is 3.13. The van der Waals surface area contributed by atoms with Crippen molar-refractivity contribution in [2.24, 2.45) is 14.1 Å². The van der Waals surface area contributed by atoms with Crippen LogP contribution in [0.2, 0.25) is 0 Å². The van der Waals surface area contributed by atoms with Crippen molar-refractivity contribution in [3.63, 3.8) is 0 Å². The number of aromatic nitrogens is 2. The van der Waals surface area contributed by atoms with E-state index in [1.807, 2.05) is 0 Å². The summed E-state index contributed by atoms with van der Waals surface area (Å²) >= 11 is 5.56. The first-order valence-electron chi connectivity index (χ1n) is 6.44. The second kappa shape index (κ2) is 7.28. The number of nitrogens with zero attached hydrogens (tertiary/aromatic N) is 3. The zero-order valence-electron chi connectivity index (χ0n) is 12.1. The Labute approximate surface area is 122 Å². The van der Waals surface area contributed by atoms with Crippen LogP contribution in [-0.4, -0.2) is 32.9 Å². The monoisotopic (exact) mass is 301 g/mol. The zero-order valence-corrected chi connectivity index (χ0v) is 12.8. The standard InChI is InChI=1S/C13H20ClN3O3/c1-15(11(18)6-4-5-7-14)8-10-9-16(2)13(20)17(3)12(10)19/h9H,4-8H2,1-3H3. The lowest BCUT2D eigenvalue weighted by molar-refractivity contribution is -0.130. The Bertz CT molecular complexity index is 592. The Morgan fingerprint density at radius 2 is 1.95 bits per heavy atom. The first-order chi connectivity index (χ1) is 9.38. The molecule has 0 N–H and O–H groups in total. The van der Waals surface area contributed by atoms with Crippen LogP contribution in [0, 0.1) is 0 Å². The molecule has 0 saturated carbocycles. The van der Waals surface area contributed by atoms with Crippen LogP contribution in [0.4, 0.5) is 0 Å². The highest BCUT2D eigenvalue weighted by Gasteiger charge is 2.13. The minimum absolute atomic E-state index is 0.0361. The highest BCUT2D eigenvalue weighted by molar-refractivity contribution is 6.17. The number of aryl methyl sites for hydroxylation is 1. The number of alkyl halides is 1. The summed E-state index contributed by atoms with van der Waals surface area (Å²) in [6, 6.07) is 0. The Hall–Kier alpha value is -1.56. The highest BCUT2D eigenvalue weighted by atomic mass is 35.5. The van der Waals surface area contributed by atoms with Crippen molar-refractivity contribution < 1.29 is 4.79 Å². The van der Waals surface area contributed by atoms with Crippen LogP contribution in [0.5, 0.6) is 0 Å². The molecule has 0 radical (unpaired) electrons. The van der Waals surface area contributed by atoms with E-state index in [0.717, 1.165) is 17.4 Å². The van der Waals surface area contributed by atoms with Gasteiger partial charge in [0.05, 0.1) is 12.1 Å². The minimum atomic E-state index is -0.380. The SMILES string of the molecule is CN(Cc1cn(C)c(=O)n(C)c1=O)C(=O)CCCCCl. The molecule has 0 fully saturated rings.